The Balaban J connectivity index is 1.14. The van der Waals surface area contributed by atoms with Crippen LogP contribution in [0.15, 0.2) is 194 Å². The third-order valence-electron chi connectivity index (χ3n) is 16.4. The zero-order chi connectivity index (χ0) is 46.5. The molecule has 6 N–H and O–H groups in total. The minimum atomic E-state index is 1.10. The summed E-state index contributed by atoms with van der Waals surface area (Å²) in [5, 5.41) is 24.2. The topological polar surface area (TPSA) is 94.7 Å². The van der Waals surface area contributed by atoms with Crippen LogP contribution < -0.4 is 0 Å². The zero-order valence-electron chi connectivity index (χ0n) is 38.5. The fraction of sp³-hybridized carbons (Fsp3) is 0. The van der Waals surface area contributed by atoms with E-state index in [1.165, 1.54) is 108 Å². The molecule has 0 fully saturated rings. The first-order valence-electron chi connectivity index (χ1n) is 24.9. The van der Waals surface area contributed by atoms with Gasteiger partial charge in [0.15, 0.2) is 0 Å². The summed E-state index contributed by atoms with van der Waals surface area (Å²) < 4.78 is 0. The molecule has 0 unspecified atom stereocenters. The van der Waals surface area contributed by atoms with Gasteiger partial charge in [0, 0.05) is 119 Å². The lowest BCUT2D eigenvalue weighted by atomic mass is 9.92. The Kier molecular flexibility index (Phi) is 6.76. The summed E-state index contributed by atoms with van der Waals surface area (Å²) in [5.41, 5.74) is 16.0. The van der Waals surface area contributed by atoms with E-state index in [1.54, 1.807) is 0 Å². The molecule has 12 aromatic carbocycles. The standard InChI is InChI=1S/C66H38N6/c1-3-17-33(18-4-1)47-31-45-49-51-53-55-56-54-52-50-46-32-48(34-19-5-2-6-20-34)68-58(46)36-22-8-10-24-38(36)60(50)70-62(52)40-26-12-14-28-42(40)64(54)72-66(56)44-30-16-15-29-43(44)65(55)71-63(53)41-27-13-11-25-39(41)61(51)69-59(49)37-23-9-7-21-35(37)57(45)67-47/h1-32,67-72H. The number of fused-ring (bicyclic) bond motifs is 34. The summed E-state index contributed by atoms with van der Waals surface area (Å²) in [6.45, 7) is 0. The molecule has 332 valence electrons. The summed E-state index contributed by atoms with van der Waals surface area (Å²) in [4.78, 5) is 24.6. The van der Waals surface area contributed by atoms with E-state index in [4.69, 9.17) is 0 Å². The van der Waals surface area contributed by atoms with Crippen molar-refractivity contribution >= 4 is 163 Å². The fourth-order valence-corrected chi connectivity index (χ4v) is 13.5. The molecule has 0 bridgehead atoms. The highest BCUT2D eigenvalue weighted by molar-refractivity contribution is 6.51. The normalized spacial score (nSPS) is 12.7. The smallest absolute Gasteiger partial charge is 0.0552 e. The maximum atomic E-state index is 4.22. The second-order valence-corrected chi connectivity index (χ2v) is 19.9. The van der Waals surface area contributed by atoms with Gasteiger partial charge in [-0.3, -0.25) is 0 Å². The lowest BCUT2D eigenvalue weighted by Gasteiger charge is -2.08. The number of rotatable bonds is 2. The first-order valence-corrected chi connectivity index (χ1v) is 24.9. The number of aromatic nitrogens is 6. The predicted octanol–water partition coefficient (Wildman–Crippen LogP) is 18.3. The third kappa shape index (κ3) is 4.48. The summed E-state index contributed by atoms with van der Waals surface area (Å²) in [6.07, 6.45) is 0. The van der Waals surface area contributed by atoms with E-state index in [9.17, 15) is 0 Å². The van der Waals surface area contributed by atoms with Gasteiger partial charge >= 0.3 is 0 Å². The first-order chi connectivity index (χ1) is 35.7. The zero-order valence-corrected chi connectivity index (χ0v) is 38.5. The molecule has 6 heterocycles. The highest BCUT2D eigenvalue weighted by Crippen LogP contribution is 2.54. The van der Waals surface area contributed by atoms with E-state index in [-0.39, 0.29) is 0 Å². The number of benzene rings is 12. The fourth-order valence-electron chi connectivity index (χ4n) is 13.5. The molecule has 0 radical (unpaired) electrons. The van der Waals surface area contributed by atoms with Gasteiger partial charge in [-0.1, -0.05) is 182 Å². The lowest BCUT2D eigenvalue weighted by Crippen LogP contribution is -1.82. The molecule has 6 aromatic heterocycles. The van der Waals surface area contributed by atoms with Crippen LogP contribution in [-0.4, -0.2) is 29.9 Å². The van der Waals surface area contributed by atoms with Gasteiger partial charge in [-0.2, -0.15) is 0 Å². The van der Waals surface area contributed by atoms with Crippen LogP contribution in [0.3, 0.4) is 0 Å². The molecule has 0 saturated carbocycles. The monoisotopic (exact) mass is 914 g/mol. The molecule has 18 rings (SSSR count). The van der Waals surface area contributed by atoms with Gasteiger partial charge in [-0.25, -0.2) is 0 Å². The van der Waals surface area contributed by atoms with Crippen LogP contribution in [0.1, 0.15) is 0 Å². The number of nitrogens with one attached hydrogen (secondary N) is 6. The minimum absolute atomic E-state index is 1.10. The Morgan fingerprint density at radius 1 is 0.167 bits per heavy atom. The average Bonchev–Trinajstić information content (AvgIpc) is 4.32. The van der Waals surface area contributed by atoms with Crippen molar-refractivity contribution in [3.63, 3.8) is 0 Å². The second-order valence-electron chi connectivity index (χ2n) is 19.9. The summed E-state index contributed by atoms with van der Waals surface area (Å²) in [5.74, 6) is 0. The molecule has 0 aliphatic heterocycles. The van der Waals surface area contributed by atoms with E-state index in [2.05, 4.69) is 224 Å². The Hall–Kier alpha value is -9.78. The van der Waals surface area contributed by atoms with Crippen molar-refractivity contribution < 1.29 is 0 Å². The molecular formula is C66H38N6. The van der Waals surface area contributed by atoms with Crippen LogP contribution in [0.2, 0.25) is 0 Å². The van der Waals surface area contributed by atoms with Gasteiger partial charge in [-0.05, 0) is 23.3 Å². The molecule has 0 saturated heterocycles. The second kappa shape index (κ2) is 13.1. The van der Waals surface area contributed by atoms with E-state index in [0.29, 0.717) is 0 Å². The van der Waals surface area contributed by atoms with Crippen molar-refractivity contribution in [2.24, 2.45) is 0 Å². The van der Waals surface area contributed by atoms with Gasteiger partial charge < -0.3 is 29.9 Å². The maximum absolute atomic E-state index is 4.22. The number of aromatic amines is 6. The van der Waals surface area contributed by atoms with Crippen LogP contribution in [0.25, 0.3) is 185 Å². The number of hydrogen-bond acceptors (Lipinski definition) is 0. The molecule has 72 heavy (non-hydrogen) atoms. The Morgan fingerprint density at radius 2 is 0.375 bits per heavy atom. The highest BCUT2D eigenvalue weighted by atomic mass is 14.8. The van der Waals surface area contributed by atoms with E-state index >= 15 is 0 Å². The van der Waals surface area contributed by atoms with Crippen LogP contribution in [0.4, 0.5) is 0 Å². The number of H-pyrrole nitrogens is 6. The SMILES string of the molecule is c1ccc(-c2cc3c([nH]2)c2ccccc2c2[nH]c4c5ccccc5c5[nH]c6c7ccccc7c7[nH]c8c9ccccc9c9[nH]c%10c%11ccccc%11c%11[nH]c(-c%12ccccc%12)cc%11c%10c9c8c7c6c5c4c32)cc1. The molecule has 0 atom stereocenters. The van der Waals surface area contributed by atoms with Gasteiger partial charge in [0.2, 0.25) is 0 Å². The van der Waals surface area contributed by atoms with Crippen LogP contribution in [-0.2, 0) is 0 Å². The minimum Gasteiger partial charge on any atom is -0.354 e. The quantitative estimate of drug-likeness (QED) is 0.0997. The Labute approximate surface area is 407 Å². The molecule has 6 nitrogen and oxygen atoms in total. The van der Waals surface area contributed by atoms with Gasteiger partial charge in [0.25, 0.3) is 0 Å². The molecule has 18 aromatic rings. The van der Waals surface area contributed by atoms with Crippen molar-refractivity contribution in [3.8, 4) is 22.5 Å². The van der Waals surface area contributed by atoms with Crippen molar-refractivity contribution in [1.29, 1.82) is 0 Å². The molecule has 0 amide bonds. The lowest BCUT2D eigenvalue weighted by molar-refractivity contribution is 1.46. The molecule has 0 aliphatic carbocycles. The Bertz CT molecular complexity index is 5100. The van der Waals surface area contributed by atoms with Crippen molar-refractivity contribution in [2.75, 3.05) is 0 Å². The number of hydrogen-bond donors (Lipinski definition) is 6. The molecule has 0 aliphatic rings. The van der Waals surface area contributed by atoms with E-state index < -0.39 is 0 Å². The first kappa shape index (κ1) is 37.2. The van der Waals surface area contributed by atoms with Crippen LogP contribution >= 0.6 is 0 Å². The van der Waals surface area contributed by atoms with Gasteiger partial charge in [0.05, 0.1) is 55.2 Å². The summed E-state index contributed by atoms with van der Waals surface area (Å²) in [6, 6.07) is 70.9. The summed E-state index contributed by atoms with van der Waals surface area (Å²) >= 11 is 0. The van der Waals surface area contributed by atoms with Crippen molar-refractivity contribution in [1.82, 2.24) is 29.9 Å². The molecule has 0 spiro atoms. The molecule has 6 heteroatoms. The predicted molar refractivity (Wildman–Crippen MR) is 306 cm³/mol. The van der Waals surface area contributed by atoms with Crippen molar-refractivity contribution in [3.05, 3.63) is 194 Å². The average molecular weight is 915 g/mol. The van der Waals surface area contributed by atoms with Crippen LogP contribution in [0, 0.1) is 0 Å². The van der Waals surface area contributed by atoms with Gasteiger partial charge in [-0.15, -0.1) is 0 Å². The molecular weight excluding hydrogens is 877 g/mol. The summed E-state index contributed by atoms with van der Waals surface area (Å²) in [7, 11) is 0. The maximum Gasteiger partial charge on any atom is 0.0552 e. The van der Waals surface area contributed by atoms with Crippen LogP contribution in [0.5, 0.6) is 0 Å². The Morgan fingerprint density at radius 3 is 0.639 bits per heavy atom. The van der Waals surface area contributed by atoms with Gasteiger partial charge in [0.1, 0.15) is 0 Å². The largest absolute Gasteiger partial charge is 0.354 e. The van der Waals surface area contributed by atoms with E-state index in [0.717, 1.165) is 77.7 Å². The van der Waals surface area contributed by atoms with E-state index in [1.807, 2.05) is 0 Å². The van der Waals surface area contributed by atoms with Crippen molar-refractivity contribution in [2.45, 2.75) is 0 Å². The third-order valence-corrected chi connectivity index (χ3v) is 16.4. The highest BCUT2D eigenvalue weighted by Gasteiger charge is 2.28.